The fraction of sp³-hybridized carbons (Fsp3) is 0.766. The molecule has 6 heterocycles. The monoisotopic (exact) mass is 1530 g/mol. The lowest BCUT2D eigenvalue weighted by molar-refractivity contribution is -0.172. The number of epoxide rings is 2. The summed E-state index contributed by atoms with van der Waals surface area (Å²) in [6, 6.07) is 0. The van der Waals surface area contributed by atoms with Gasteiger partial charge in [-0.3, -0.25) is 47.9 Å². The Morgan fingerprint density at radius 2 is 0.786 bits per heavy atom. The standard InChI is InChI=1S/C24H30O6.C24H30O5.C23H28O4.C23H28O3/c1-21-7-4-14(25)10-13(21)11-15(20(27)28-3)19-16-5-8-23(9-6-18(26)30-23)22(16,2)12-17-24(19,21)29-17;1-22-8-4-15(25)12-14(22)13-16(21(27)28-3)20-17(22)5-9-23(2)18(20)6-10-24(23)11-7-19(26)29-24;1-20-6-3-12(24)9-16(20)13-10-14(13)19-15-4-7-22(8-5-18(25)27-22)21(15,2)11-17-23(19,20)26-17;1-21-7-3-13(24)11-18(21)14-12-15(14)20-16(21)4-8-22(2)17(20)5-9-23(22)10-6-19(25)26-23/h10,15-17,19H,4-9,11-12H2,1-3H3;5,12,16,18,20H,4,6-11,13H2,1-3H3;9,13-15,17,19H,3-8,10-11H2,1-2H3;4,11,14-15,17,20H,3,5-10,12H2,1-2H3/t15-,16?,17-,19?,21?,22?,23-,24?;16-,18?,20?,22?,23?,24-;13?,14?,15?,17-,19?,20?,21?,22-,23?;14?,15?,17?,20?,21?,22?,23-/m1111/s1. The minimum Gasteiger partial charge on any atom is -0.469 e. The fourth-order valence-corrected chi connectivity index (χ4v) is 33.3. The Morgan fingerprint density at radius 1 is 0.384 bits per heavy atom. The van der Waals surface area contributed by atoms with Crippen LogP contribution in [0.3, 0.4) is 0 Å². The van der Waals surface area contributed by atoms with Crippen LogP contribution in [-0.4, -0.2) is 119 Å². The summed E-state index contributed by atoms with van der Waals surface area (Å²) in [5.41, 5.74) is 5.87. The molecule has 600 valence electrons. The van der Waals surface area contributed by atoms with Crippen LogP contribution in [0.15, 0.2) is 69.9 Å². The molecule has 0 aromatic rings. The van der Waals surface area contributed by atoms with E-state index in [4.69, 9.17) is 37.9 Å². The number of ether oxygens (including phenoxy) is 8. The summed E-state index contributed by atoms with van der Waals surface area (Å²) in [4.78, 5) is 123. The molecule has 0 aromatic carbocycles. The summed E-state index contributed by atoms with van der Waals surface area (Å²) < 4.78 is 48.0. The van der Waals surface area contributed by atoms with E-state index in [9.17, 15) is 47.9 Å². The Kier molecular flexibility index (Phi) is 15.4. The molecule has 0 radical (unpaired) electrons. The van der Waals surface area contributed by atoms with E-state index in [1.807, 2.05) is 12.2 Å². The zero-order valence-corrected chi connectivity index (χ0v) is 67.7. The molecular formula is C94H116O18. The maximum Gasteiger partial charge on any atom is 0.309 e. The summed E-state index contributed by atoms with van der Waals surface area (Å²) in [5.74, 6) is 5.57. The number of carbonyl (C=O) groups is 10. The van der Waals surface area contributed by atoms with Crippen LogP contribution >= 0.6 is 0 Å². The first-order valence-electron chi connectivity index (χ1n) is 43.9. The molecule has 0 aromatic heterocycles. The molecule has 24 aliphatic rings. The summed E-state index contributed by atoms with van der Waals surface area (Å²) in [6.45, 7) is 18.6. The molecule has 0 amide bonds. The fourth-order valence-electron chi connectivity index (χ4n) is 33.3. The van der Waals surface area contributed by atoms with Gasteiger partial charge in [-0.15, -0.1) is 0 Å². The molecule has 0 bridgehead atoms. The van der Waals surface area contributed by atoms with Crippen LogP contribution < -0.4 is 0 Å². The Bertz CT molecular complexity index is 4550. The number of fused-ring (bicyclic) bond motifs is 26. The number of hydrogen-bond donors (Lipinski definition) is 0. The van der Waals surface area contributed by atoms with Crippen LogP contribution in [0, 0.1) is 126 Å². The van der Waals surface area contributed by atoms with Crippen LogP contribution in [-0.2, 0) is 85.8 Å². The highest BCUT2D eigenvalue weighted by molar-refractivity contribution is 5.94. The van der Waals surface area contributed by atoms with Crippen molar-refractivity contribution in [3.63, 3.8) is 0 Å². The second-order valence-corrected chi connectivity index (χ2v) is 42.6. The van der Waals surface area contributed by atoms with Crippen molar-refractivity contribution in [3.8, 4) is 0 Å². The molecule has 30 atom stereocenters. The Hall–Kier alpha value is -6.14. The summed E-state index contributed by atoms with van der Waals surface area (Å²) >= 11 is 0. The van der Waals surface area contributed by atoms with Crippen molar-refractivity contribution in [1.29, 1.82) is 0 Å². The molecular weight excluding hydrogens is 1420 g/mol. The van der Waals surface area contributed by atoms with E-state index in [1.54, 1.807) is 17.7 Å². The highest BCUT2D eigenvalue weighted by Crippen LogP contribution is 2.84. The number of allylic oxidation sites excluding steroid dienone is 8. The van der Waals surface area contributed by atoms with Crippen LogP contribution in [0.2, 0.25) is 0 Å². The van der Waals surface area contributed by atoms with Crippen molar-refractivity contribution in [2.45, 2.75) is 307 Å². The average molecular weight is 1530 g/mol. The molecule has 18 fully saturated rings. The summed E-state index contributed by atoms with van der Waals surface area (Å²) in [5, 5.41) is 0. The largest absolute Gasteiger partial charge is 0.469 e. The van der Waals surface area contributed by atoms with E-state index in [-0.39, 0.29) is 155 Å². The average Bonchev–Trinajstić information content (AvgIpc) is 1.46. The van der Waals surface area contributed by atoms with Crippen LogP contribution in [0.5, 0.6) is 0 Å². The molecule has 0 N–H and O–H groups in total. The van der Waals surface area contributed by atoms with E-state index < -0.39 is 16.8 Å². The van der Waals surface area contributed by atoms with Gasteiger partial charge in [-0.2, -0.15) is 0 Å². The zero-order valence-electron chi connectivity index (χ0n) is 67.7. The van der Waals surface area contributed by atoms with Crippen molar-refractivity contribution in [2.75, 3.05) is 14.2 Å². The highest BCUT2D eigenvalue weighted by atomic mass is 16.6. The van der Waals surface area contributed by atoms with Crippen molar-refractivity contribution < 1.29 is 85.8 Å². The van der Waals surface area contributed by atoms with Gasteiger partial charge in [0.2, 0.25) is 0 Å². The molecule has 18 nitrogen and oxygen atoms in total. The zero-order chi connectivity index (χ0) is 78.0. The Morgan fingerprint density at radius 3 is 1.30 bits per heavy atom. The molecule has 6 aliphatic heterocycles. The summed E-state index contributed by atoms with van der Waals surface area (Å²) in [7, 11) is 2.90. The normalized spacial score (nSPS) is 53.6. The molecule has 24 rings (SSSR count). The van der Waals surface area contributed by atoms with Crippen molar-refractivity contribution in [3.05, 3.63) is 69.9 Å². The van der Waals surface area contributed by atoms with Crippen molar-refractivity contribution in [1.82, 2.24) is 0 Å². The van der Waals surface area contributed by atoms with Gasteiger partial charge in [0.25, 0.3) is 0 Å². The number of methoxy groups -OCH3 is 2. The van der Waals surface area contributed by atoms with Gasteiger partial charge in [0.05, 0.1) is 38.3 Å². The quantitative estimate of drug-likeness (QED) is 0.108. The SMILES string of the molecule is CC12CCC(=O)C=C1C1CC1C1C2=CCC2(C)C1CC[C@@]21CCC(=O)O1.CC12CCC(=O)C=C1C1CC1C1C3CC[C@@]4(CCC(=O)O4)C3(C)C[C@H]3OC132.COC(=O)[C@@H]1CC2=CC(=O)CCC2(C)C23O[C@@H]2CC2(C)C(CC[C@@]24CCC(=O)O4)C13.COC(=O)[C@@H]1CC2=CC(=O)CCC2(C)C2=CCC3(C)C(CC[C@@]34CCC(=O)O4)C21. The van der Waals surface area contributed by atoms with Gasteiger partial charge in [0, 0.05) is 101 Å². The molecule has 6 spiro atoms. The van der Waals surface area contributed by atoms with E-state index in [0.29, 0.717) is 117 Å². The minimum atomic E-state index is -0.424. The first kappa shape index (κ1) is 73.5. The van der Waals surface area contributed by atoms with E-state index in [2.05, 4.69) is 67.5 Å². The minimum absolute atomic E-state index is 0.00124. The third kappa shape index (κ3) is 9.08. The highest BCUT2D eigenvalue weighted by Gasteiger charge is 2.87. The third-order valence-electron chi connectivity index (χ3n) is 39.3. The van der Waals surface area contributed by atoms with E-state index in [0.717, 1.165) is 133 Å². The second-order valence-electron chi connectivity index (χ2n) is 42.6. The number of hydrogen-bond acceptors (Lipinski definition) is 18. The Balaban J connectivity index is 0.0000000944. The van der Waals surface area contributed by atoms with Gasteiger partial charge in [-0.1, -0.05) is 101 Å². The maximum absolute atomic E-state index is 13.0. The molecule has 112 heavy (non-hydrogen) atoms. The lowest BCUT2D eigenvalue weighted by atomic mass is 9.43. The number of carbonyl (C=O) groups excluding carboxylic acids is 10. The van der Waals surface area contributed by atoms with Gasteiger partial charge < -0.3 is 37.9 Å². The lowest BCUT2D eigenvalue weighted by Crippen LogP contribution is -2.63. The predicted molar refractivity (Wildman–Crippen MR) is 405 cm³/mol. The van der Waals surface area contributed by atoms with Crippen molar-refractivity contribution in [2.24, 2.45) is 126 Å². The van der Waals surface area contributed by atoms with Gasteiger partial charge in [0.1, 0.15) is 33.6 Å². The van der Waals surface area contributed by atoms with Crippen molar-refractivity contribution >= 4 is 58.9 Å². The van der Waals surface area contributed by atoms with Gasteiger partial charge in [-0.05, 0) is 244 Å². The second kappa shape index (κ2) is 23.4. The number of esters is 6. The predicted octanol–water partition coefficient (Wildman–Crippen LogP) is 15.0. The van der Waals surface area contributed by atoms with E-state index >= 15 is 0 Å². The lowest BCUT2D eigenvalue weighted by Gasteiger charge is -2.58. The maximum atomic E-state index is 13.0. The number of rotatable bonds is 2. The molecule has 18 aliphatic carbocycles. The van der Waals surface area contributed by atoms with Gasteiger partial charge in [-0.25, -0.2) is 0 Å². The third-order valence-corrected chi connectivity index (χ3v) is 39.3. The molecule has 18 heteroatoms. The molecule has 22 unspecified atom stereocenters. The van der Waals surface area contributed by atoms with E-state index in [1.165, 1.54) is 56.6 Å². The topological polar surface area (TPSA) is 251 Å². The van der Waals surface area contributed by atoms with Gasteiger partial charge in [0.15, 0.2) is 23.1 Å². The van der Waals surface area contributed by atoms with Gasteiger partial charge >= 0.3 is 35.8 Å². The molecule has 6 saturated heterocycles. The van der Waals surface area contributed by atoms with Crippen LogP contribution in [0.1, 0.15) is 261 Å². The van der Waals surface area contributed by atoms with Crippen LogP contribution in [0.4, 0.5) is 0 Å². The summed E-state index contributed by atoms with van der Waals surface area (Å²) in [6.07, 6.45) is 39.8. The molecule has 12 saturated carbocycles. The number of ketones is 4. The Labute approximate surface area is 658 Å². The first-order chi connectivity index (χ1) is 53.2. The first-order valence-corrected chi connectivity index (χ1v) is 43.9. The van der Waals surface area contributed by atoms with Crippen LogP contribution in [0.25, 0.3) is 0 Å². The smallest absolute Gasteiger partial charge is 0.309 e.